The topological polar surface area (TPSA) is 69.6 Å². The second kappa shape index (κ2) is 3.53. The van der Waals surface area contributed by atoms with E-state index in [0.29, 0.717) is 11.6 Å². The van der Waals surface area contributed by atoms with E-state index in [1.54, 1.807) is 23.9 Å². The number of thiophene rings is 1. The van der Waals surface area contributed by atoms with E-state index in [4.69, 9.17) is 5.73 Å². The van der Waals surface area contributed by atoms with Gasteiger partial charge in [-0.2, -0.15) is 0 Å². The summed E-state index contributed by atoms with van der Waals surface area (Å²) in [5.41, 5.74) is 6.82. The average Bonchev–Trinajstić information content (AvgIpc) is 2.83. The minimum absolute atomic E-state index is 0.524. The highest BCUT2D eigenvalue weighted by atomic mass is 32.1. The number of nitrogen functional groups attached to an aromatic ring is 1. The van der Waals surface area contributed by atoms with Gasteiger partial charge in [0.05, 0.1) is 17.9 Å². The summed E-state index contributed by atoms with van der Waals surface area (Å²) in [6.45, 7) is 2.04. The molecule has 0 aromatic carbocycles. The maximum Gasteiger partial charge on any atom is 0.181 e. The maximum absolute atomic E-state index is 5.95. The molecule has 3 aromatic rings. The van der Waals surface area contributed by atoms with Gasteiger partial charge in [-0.05, 0) is 13.0 Å². The van der Waals surface area contributed by atoms with Crippen LogP contribution in [0.15, 0.2) is 18.6 Å². The van der Waals surface area contributed by atoms with Crippen molar-refractivity contribution >= 4 is 27.4 Å². The van der Waals surface area contributed by atoms with E-state index in [9.17, 15) is 0 Å². The number of imidazole rings is 1. The van der Waals surface area contributed by atoms with E-state index in [1.807, 2.05) is 24.6 Å². The van der Waals surface area contributed by atoms with Gasteiger partial charge in [0.1, 0.15) is 16.3 Å². The number of rotatable bonds is 1. The third-order valence-corrected chi connectivity index (χ3v) is 3.54. The molecule has 0 aliphatic rings. The Bertz CT molecular complexity index is 697. The highest BCUT2D eigenvalue weighted by Gasteiger charge is 2.11. The fourth-order valence-corrected chi connectivity index (χ4v) is 2.64. The summed E-state index contributed by atoms with van der Waals surface area (Å²) < 4.78 is 1.88. The van der Waals surface area contributed by atoms with Gasteiger partial charge in [-0.25, -0.2) is 15.0 Å². The molecule has 3 rings (SSSR count). The summed E-state index contributed by atoms with van der Waals surface area (Å²) in [5.74, 6) is 1.15. The molecule has 0 amide bonds. The van der Waals surface area contributed by atoms with Crippen molar-refractivity contribution in [1.29, 1.82) is 0 Å². The summed E-state index contributed by atoms with van der Waals surface area (Å²) >= 11 is 1.62. The molecule has 0 aliphatic heterocycles. The van der Waals surface area contributed by atoms with Crippen LogP contribution in [0.25, 0.3) is 21.7 Å². The molecule has 0 saturated heterocycles. The van der Waals surface area contributed by atoms with Crippen molar-refractivity contribution in [3.05, 3.63) is 23.5 Å². The second-order valence-electron chi connectivity index (χ2n) is 3.90. The van der Waals surface area contributed by atoms with Crippen LogP contribution in [0.2, 0.25) is 0 Å². The van der Waals surface area contributed by atoms with Crippen molar-refractivity contribution in [2.45, 2.75) is 6.92 Å². The molecule has 2 N–H and O–H groups in total. The molecule has 0 unspecified atom stereocenters. The normalized spacial score (nSPS) is 11.2. The van der Waals surface area contributed by atoms with Gasteiger partial charge in [-0.3, -0.25) is 0 Å². The van der Waals surface area contributed by atoms with Gasteiger partial charge in [0.15, 0.2) is 5.82 Å². The van der Waals surface area contributed by atoms with E-state index in [1.165, 1.54) is 4.88 Å². The maximum atomic E-state index is 5.95. The van der Waals surface area contributed by atoms with E-state index in [2.05, 4.69) is 15.0 Å². The number of nitrogens with two attached hydrogens (primary N) is 1. The van der Waals surface area contributed by atoms with E-state index in [0.717, 1.165) is 15.9 Å². The first-order chi connectivity index (χ1) is 8.15. The lowest BCUT2D eigenvalue weighted by Crippen LogP contribution is -1.99. The van der Waals surface area contributed by atoms with E-state index >= 15 is 0 Å². The predicted molar refractivity (Wildman–Crippen MR) is 68.8 cm³/mol. The molecule has 0 radical (unpaired) electrons. The van der Waals surface area contributed by atoms with Crippen LogP contribution < -0.4 is 5.73 Å². The van der Waals surface area contributed by atoms with Crippen LogP contribution in [0.5, 0.6) is 0 Å². The molecule has 86 valence electrons. The Kier molecular flexibility index (Phi) is 2.12. The Morgan fingerprint density at radius 2 is 2.18 bits per heavy atom. The number of hydrogen-bond acceptors (Lipinski definition) is 5. The van der Waals surface area contributed by atoms with Crippen LogP contribution in [0, 0.1) is 6.92 Å². The fourth-order valence-electron chi connectivity index (χ4n) is 1.75. The van der Waals surface area contributed by atoms with E-state index in [-0.39, 0.29) is 0 Å². The number of hydrogen-bond donors (Lipinski definition) is 1. The first-order valence-corrected chi connectivity index (χ1v) is 5.97. The zero-order valence-corrected chi connectivity index (χ0v) is 10.3. The Morgan fingerprint density at radius 3 is 2.88 bits per heavy atom. The SMILES string of the molecule is Cc1cc2c(N)nc(-c3cncn3C)nc2s1. The van der Waals surface area contributed by atoms with Crippen LogP contribution in [0.3, 0.4) is 0 Å². The molecular weight excluding hydrogens is 234 g/mol. The monoisotopic (exact) mass is 245 g/mol. The Hall–Kier alpha value is -1.95. The molecule has 0 atom stereocenters. The highest BCUT2D eigenvalue weighted by Crippen LogP contribution is 2.29. The molecule has 0 fully saturated rings. The number of aryl methyl sites for hydroxylation is 2. The first-order valence-electron chi connectivity index (χ1n) is 5.15. The fraction of sp³-hybridized carbons (Fsp3) is 0.182. The van der Waals surface area contributed by atoms with Crippen molar-refractivity contribution in [3.63, 3.8) is 0 Å². The molecular formula is C11H11N5S. The van der Waals surface area contributed by atoms with Gasteiger partial charge >= 0.3 is 0 Å². The van der Waals surface area contributed by atoms with Crippen molar-refractivity contribution in [2.75, 3.05) is 5.73 Å². The lowest BCUT2D eigenvalue weighted by atomic mass is 10.3. The van der Waals surface area contributed by atoms with Crippen LogP contribution >= 0.6 is 11.3 Å². The number of aromatic nitrogens is 4. The third-order valence-electron chi connectivity index (χ3n) is 2.59. The van der Waals surface area contributed by atoms with Crippen molar-refractivity contribution < 1.29 is 0 Å². The highest BCUT2D eigenvalue weighted by molar-refractivity contribution is 7.18. The molecule has 0 saturated carbocycles. The van der Waals surface area contributed by atoms with Crippen LogP contribution in [-0.4, -0.2) is 19.5 Å². The van der Waals surface area contributed by atoms with Gasteiger partial charge in [0.25, 0.3) is 0 Å². The van der Waals surface area contributed by atoms with Gasteiger partial charge < -0.3 is 10.3 Å². The molecule has 0 aliphatic carbocycles. The zero-order valence-electron chi connectivity index (χ0n) is 9.51. The van der Waals surface area contributed by atoms with Crippen molar-refractivity contribution in [2.24, 2.45) is 7.05 Å². The molecule has 17 heavy (non-hydrogen) atoms. The van der Waals surface area contributed by atoms with Gasteiger partial charge in [0, 0.05) is 11.9 Å². The molecule has 5 nitrogen and oxygen atoms in total. The Labute approximate surface area is 102 Å². The van der Waals surface area contributed by atoms with Crippen LogP contribution in [0.1, 0.15) is 4.88 Å². The van der Waals surface area contributed by atoms with Crippen molar-refractivity contribution in [3.8, 4) is 11.5 Å². The number of anilines is 1. The Balaban J connectivity index is 2.28. The molecule has 0 spiro atoms. The predicted octanol–water partition coefficient (Wildman–Crippen LogP) is 1.98. The Morgan fingerprint density at radius 1 is 1.35 bits per heavy atom. The lowest BCUT2D eigenvalue weighted by molar-refractivity contribution is 0.911. The average molecular weight is 245 g/mol. The second-order valence-corrected chi connectivity index (χ2v) is 5.13. The molecule has 3 heterocycles. The molecule has 6 heteroatoms. The summed E-state index contributed by atoms with van der Waals surface area (Å²) in [5, 5.41) is 0.929. The van der Waals surface area contributed by atoms with Crippen molar-refractivity contribution in [1.82, 2.24) is 19.5 Å². The van der Waals surface area contributed by atoms with Gasteiger partial charge in [-0.15, -0.1) is 11.3 Å². The summed E-state index contributed by atoms with van der Waals surface area (Å²) in [6, 6.07) is 2.02. The summed E-state index contributed by atoms with van der Waals surface area (Å²) in [7, 11) is 1.91. The number of nitrogens with zero attached hydrogens (tertiary/aromatic N) is 4. The smallest absolute Gasteiger partial charge is 0.181 e. The summed E-state index contributed by atoms with van der Waals surface area (Å²) in [6.07, 6.45) is 3.46. The van der Waals surface area contributed by atoms with Gasteiger partial charge in [0.2, 0.25) is 0 Å². The molecule has 3 aromatic heterocycles. The number of fused-ring (bicyclic) bond motifs is 1. The standard InChI is InChI=1S/C11H11N5S/c1-6-3-7-9(12)14-10(15-11(7)17-6)8-4-13-5-16(8)2/h3-5H,1-2H3,(H2,12,14,15). The quantitative estimate of drug-likeness (QED) is 0.711. The largest absolute Gasteiger partial charge is 0.383 e. The van der Waals surface area contributed by atoms with E-state index < -0.39 is 0 Å². The summed E-state index contributed by atoms with van der Waals surface area (Å²) in [4.78, 5) is 15.0. The van der Waals surface area contributed by atoms with Gasteiger partial charge in [-0.1, -0.05) is 0 Å². The zero-order chi connectivity index (χ0) is 12.0. The van der Waals surface area contributed by atoms with Crippen LogP contribution in [0.4, 0.5) is 5.82 Å². The third kappa shape index (κ3) is 1.57. The lowest BCUT2D eigenvalue weighted by Gasteiger charge is -2.02. The minimum Gasteiger partial charge on any atom is -0.383 e. The first kappa shape index (κ1) is 10.2. The molecule has 0 bridgehead atoms. The van der Waals surface area contributed by atoms with Crippen LogP contribution in [-0.2, 0) is 7.05 Å². The minimum atomic E-state index is 0.524.